The van der Waals surface area contributed by atoms with E-state index in [2.05, 4.69) is 0 Å². The van der Waals surface area contributed by atoms with Gasteiger partial charge in [-0.1, -0.05) is 73.5 Å². The minimum absolute atomic E-state index is 0.0348. The van der Waals surface area contributed by atoms with Crippen molar-refractivity contribution < 1.29 is 42.2 Å². The van der Waals surface area contributed by atoms with Crippen molar-refractivity contribution in [2.45, 2.75) is 126 Å². The molecule has 5 fully saturated rings. The standard InChI is InChI=1S/C32H41O9P/c33-25-26-28(39-31(37-26)17-9-3-10-18-31)30(29-27(25)38-32(40-29)19-11-4-12-20-32)41-42(34,35-21-23-13-5-1-6-14-23)36-22-24-15-7-2-8-16-24/h1-2,5-8,13-16,25-30,33H,3-4,9-12,17-22H2/t25?,26-,27+,28-,29-,30?/m1/s1. The molecule has 6 atom stereocenters. The number of aliphatic hydroxyl groups excluding tert-OH is 1. The van der Waals surface area contributed by atoms with Crippen LogP contribution in [0.5, 0.6) is 0 Å². The van der Waals surface area contributed by atoms with Gasteiger partial charge in [0.15, 0.2) is 11.6 Å². The summed E-state index contributed by atoms with van der Waals surface area (Å²) in [7, 11) is -4.19. The van der Waals surface area contributed by atoms with E-state index >= 15 is 0 Å². The summed E-state index contributed by atoms with van der Waals surface area (Å²) in [5.41, 5.74) is 1.67. The Morgan fingerprint density at radius 1 is 0.643 bits per heavy atom. The zero-order valence-corrected chi connectivity index (χ0v) is 24.8. The average Bonchev–Trinajstić information content (AvgIpc) is 3.58. The maximum absolute atomic E-state index is 14.5. The summed E-state index contributed by atoms with van der Waals surface area (Å²) in [5, 5.41) is 11.6. The lowest BCUT2D eigenvalue weighted by Crippen LogP contribution is -2.62. The van der Waals surface area contributed by atoms with Crippen LogP contribution in [0.1, 0.15) is 75.3 Å². The molecule has 2 aliphatic heterocycles. The molecule has 0 amide bonds. The van der Waals surface area contributed by atoms with Crippen LogP contribution in [-0.2, 0) is 50.3 Å². The highest BCUT2D eigenvalue weighted by atomic mass is 31.2. The van der Waals surface area contributed by atoms with Crippen molar-refractivity contribution in [3.05, 3.63) is 71.8 Å². The zero-order valence-electron chi connectivity index (χ0n) is 23.9. The summed E-state index contributed by atoms with van der Waals surface area (Å²) in [4.78, 5) is 0. The minimum atomic E-state index is -4.19. The fourth-order valence-electron chi connectivity index (χ4n) is 7.20. The lowest BCUT2D eigenvalue weighted by atomic mass is 9.85. The normalized spacial score (nSPS) is 33.5. The average molecular weight is 601 g/mol. The maximum Gasteiger partial charge on any atom is 0.475 e. The van der Waals surface area contributed by atoms with E-state index in [0.29, 0.717) is 0 Å². The summed E-state index contributed by atoms with van der Waals surface area (Å²) in [6, 6.07) is 19.0. The van der Waals surface area contributed by atoms with E-state index in [1.54, 1.807) is 0 Å². The van der Waals surface area contributed by atoms with Gasteiger partial charge in [0, 0.05) is 25.7 Å². The van der Waals surface area contributed by atoms with Gasteiger partial charge in [-0.25, -0.2) is 4.57 Å². The van der Waals surface area contributed by atoms with Crippen LogP contribution >= 0.6 is 7.82 Å². The first-order chi connectivity index (χ1) is 20.5. The number of aliphatic hydroxyl groups is 1. The third kappa shape index (κ3) is 5.88. The molecule has 3 saturated carbocycles. The Bertz CT molecular complexity index is 1140. The van der Waals surface area contributed by atoms with Gasteiger partial charge in [-0.3, -0.25) is 13.6 Å². The van der Waals surface area contributed by atoms with Crippen molar-refractivity contribution >= 4 is 7.82 Å². The number of benzene rings is 2. The molecule has 5 aliphatic rings. The van der Waals surface area contributed by atoms with Crippen LogP contribution < -0.4 is 0 Å². The van der Waals surface area contributed by atoms with Crippen LogP contribution in [0.2, 0.25) is 0 Å². The van der Waals surface area contributed by atoms with Crippen LogP contribution in [0.15, 0.2) is 60.7 Å². The van der Waals surface area contributed by atoms with Gasteiger partial charge in [-0.2, -0.15) is 0 Å². The van der Waals surface area contributed by atoms with Crippen LogP contribution in [0.4, 0.5) is 0 Å². The van der Waals surface area contributed by atoms with Gasteiger partial charge >= 0.3 is 7.82 Å². The van der Waals surface area contributed by atoms with Crippen LogP contribution in [-0.4, -0.2) is 53.3 Å². The third-order valence-electron chi connectivity index (χ3n) is 9.32. The van der Waals surface area contributed by atoms with Gasteiger partial charge in [0.05, 0.1) is 13.2 Å². The second-order valence-corrected chi connectivity index (χ2v) is 13.9. The molecule has 2 aromatic rings. The van der Waals surface area contributed by atoms with E-state index in [1.165, 1.54) is 0 Å². The van der Waals surface area contributed by atoms with Crippen LogP contribution in [0, 0.1) is 0 Å². The molecule has 2 saturated heterocycles. The highest BCUT2D eigenvalue weighted by molar-refractivity contribution is 7.48. The van der Waals surface area contributed by atoms with Crippen molar-refractivity contribution in [1.29, 1.82) is 0 Å². The molecular formula is C32H41O9P. The molecule has 0 radical (unpaired) electrons. The Morgan fingerprint density at radius 3 is 1.48 bits per heavy atom. The molecule has 2 unspecified atom stereocenters. The van der Waals surface area contributed by atoms with Crippen molar-refractivity contribution in [2.24, 2.45) is 0 Å². The largest absolute Gasteiger partial charge is 0.475 e. The molecule has 9 nitrogen and oxygen atoms in total. The smallest absolute Gasteiger partial charge is 0.387 e. The lowest BCUT2D eigenvalue weighted by Gasteiger charge is -2.41. The maximum atomic E-state index is 14.5. The minimum Gasteiger partial charge on any atom is -0.387 e. The van der Waals surface area contributed by atoms with Gasteiger partial charge in [0.25, 0.3) is 0 Å². The first-order valence-electron chi connectivity index (χ1n) is 15.5. The molecule has 0 aromatic heterocycles. The molecule has 228 valence electrons. The van der Waals surface area contributed by atoms with Gasteiger partial charge in [0.1, 0.15) is 36.6 Å². The third-order valence-corrected chi connectivity index (χ3v) is 10.7. The summed E-state index contributed by atoms with van der Waals surface area (Å²) in [5.74, 6) is -1.62. The second kappa shape index (κ2) is 12.0. The number of ether oxygens (including phenoxy) is 4. The number of hydrogen-bond acceptors (Lipinski definition) is 9. The number of phosphoric acid groups is 1. The van der Waals surface area contributed by atoms with Crippen molar-refractivity contribution in [1.82, 2.24) is 0 Å². The van der Waals surface area contributed by atoms with E-state index in [1.807, 2.05) is 60.7 Å². The topological polar surface area (TPSA) is 102 Å². The molecular weight excluding hydrogens is 559 g/mol. The number of hydrogen-bond donors (Lipinski definition) is 1. The Hall–Kier alpha value is -1.65. The molecule has 2 aromatic carbocycles. The fourth-order valence-corrected chi connectivity index (χ4v) is 8.55. The van der Waals surface area contributed by atoms with Crippen molar-refractivity contribution in [2.75, 3.05) is 0 Å². The molecule has 2 heterocycles. The SMILES string of the molecule is O=P(OCc1ccccc1)(OCc1ccccc1)OC1[C@@H]2OC3(CCCCC3)O[C@@H]2C(O)[C@@H]2OC3(CCCCC3)O[C@@H]12. The number of rotatable bonds is 8. The van der Waals surface area contributed by atoms with E-state index in [0.717, 1.165) is 75.3 Å². The summed E-state index contributed by atoms with van der Waals surface area (Å²) in [6.07, 6.45) is 4.29. The molecule has 2 spiro atoms. The van der Waals surface area contributed by atoms with E-state index in [4.69, 9.17) is 32.5 Å². The molecule has 3 aliphatic carbocycles. The molecule has 10 heteroatoms. The summed E-state index contributed by atoms with van der Waals surface area (Å²) in [6.45, 7) is 0.0695. The molecule has 0 bridgehead atoms. The monoisotopic (exact) mass is 600 g/mol. The van der Waals surface area contributed by atoms with Crippen molar-refractivity contribution in [3.63, 3.8) is 0 Å². The van der Waals surface area contributed by atoms with Crippen LogP contribution in [0.25, 0.3) is 0 Å². The predicted molar refractivity (Wildman–Crippen MR) is 152 cm³/mol. The highest BCUT2D eigenvalue weighted by Crippen LogP contribution is 2.58. The Kier molecular flexibility index (Phi) is 8.33. The van der Waals surface area contributed by atoms with Gasteiger partial charge in [-0.15, -0.1) is 0 Å². The Labute approximate surface area is 247 Å². The van der Waals surface area contributed by atoms with Gasteiger partial charge in [-0.05, 0) is 36.8 Å². The lowest BCUT2D eigenvalue weighted by molar-refractivity contribution is -0.223. The van der Waals surface area contributed by atoms with E-state index in [-0.39, 0.29) is 13.2 Å². The van der Waals surface area contributed by atoms with E-state index < -0.39 is 56.0 Å². The second-order valence-electron chi connectivity index (χ2n) is 12.3. The van der Waals surface area contributed by atoms with Crippen LogP contribution in [0.3, 0.4) is 0 Å². The first-order valence-corrected chi connectivity index (χ1v) is 17.0. The predicted octanol–water partition coefficient (Wildman–Crippen LogP) is 6.18. The van der Waals surface area contributed by atoms with Gasteiger partial charge in [0.2, 0.25) is 0 Å². The van der Waals surface area contributed by atoms with E-state index in [9.17, 15) is 9.67 Å². The first kappa shape index (κ1) is 29.1. The highest BCUT2D eigenvalue weighted by Gasteiger charge is 2.67. The Balaban J connectivity index is 1.19. The van der Waals surface area contributed by atoms with Gasteiger partial charge < -0.3 is 24.1 Å². The zero-order chi connectivity index (χ0) is 28.6. The molecule has 1 N–H and O–H groups in total. The van der Waals surface area contributed by atoms with Crippen molar-refractivity contribution in [3.8, 4) is 0 Å². The Morgan fingerprint density at radius 2 is 1.05 bits per heavy atom. The number of fused-ring (bicyclic) bond motifs is 2. The molecule has 42 heavy (non-hydrogen) atoms. The fraction of sp³-hybridized carbons (Fsp3) is 0.625. The summed E-state index contributed by atoms with van der Waals surface area (Å²) < 4.78 is 59.3. The quantitative estimate of drug-likeness (QED) is 0.356. The molecule has 7 rings (SSSR count). The number of phosphoric ester groups is 1. The summed E-state index contributed by atoms with van der Waals surface area (Å²) >= 11 is 0.